The van der Waals surface area contributed by atoms with Crippen LogP contribution in [0.3, 0.4) is 0 Å². The third kappa shape index (κ3) is 10.3. The van der Waals surface area contributed by atoms with Crippen LogP contribution in [0.4, 0.5) is 0 Å². The van der Waals surface area contributed by atoms with Gasteiger partial charge in [-0.3, -0.25) is 9.59 Å². The summed E-state index contributed by atoms with van der Waals surface area (Å²) < 4.78 is 11.7. The van der Waals surface area contributed by atoms with Crippen molar-refractivity contribution in [2.45, 2.75) is 130 Å². The van der Waals surface area contributed by atoms with Crippen molar-refractivity contribution in [2.24, 2.45) is 17.8 Å². The van der Waals surface area contributed by atoms with Crippen LogP contribution in [0.1, 0.15) is 124 Å². The number of hydrogen-bond donors (Lipinski definition) is 0. The molecule has 0 N–H and O–H groups in total. The Morgan fingerprint density at radius 1 is 0.767 bits per heavy atom. The van der Waals surface area contributed by atoms with Gasteiger partial charge < -0.3 is 9.47 Å². The molecule has 0 radical (unpaired) electrons. The van der Waals surface area contributed by atoms with E-state index < -0.39 is 0 Å². The zero-order valence-electron chi connectivity index (χ0n) is 20.3. The summed E-state index contributed by atoms with van der Waals surface area (Å²) in [5.74, 6) is -0.556. The molecule has 0 aliphatic heterocycles. The molecule has 4 nitrogen and oxygen atoms in total. The zero-order chi connectivity index (χ0) is 22.2. The summed E-state index contributed by atoms with van der Waals surface area (Å²) >= 11 is 0. The van der Waals surface area contributed by atoms with Crippen LogP contribution in [-0.2, 0) is 19.1 Å². The maximum absolute atomic E-state index is 13.0. The quantitative estimate of drug-likeness (QED) is 0.194. The number of ether oxygens (including phenoxy) is 2. The average molecular weight is 425 g/mol. The van der Waals surface area contributed by atoms with Gasteiger partial charge >= 0.3 is 11.9 Å². The number of hydrogen-bond acceptors (Lipinski definition) is 4. The molecule has 4 atom stereocenters. The van der Waals surface area contributed by atoms with Crippen LogP contribution in [0.15, 0.2) is 0 Å². The molecular weight excluding hydrogens is 376 g/mol. The molecule has 0 saturated heterocycles. The summed E-state index contributed by atoms with van der Waals surface area (Å²) in [6.45, 7) is 9.17. The first-order valence-corrected chi connectivity index (χ1v) is 12.9. The summed E-state index contributed by atoms with van der Waals surface area (Å²) in [5, 5.41) is 0. The Balaban J connectivity index is 2.60. The summed E-state index contributed by atoms with van der Waals surface area (Å²) in [5.41, 5.74) is 0. The molecule has 4 heteroatoms. The fourth-order valence-corrected chi connectivity index (χ4v) is 4.53. The Morgan fingerprint density at radius 3 is 2.03 bits per heavy atom. The predicted octanol–water partition coefficient (Wildman–Crippen LogP) is 7.23. The van der Waals surface area contributed by atoms with Gasteiger partial charge in [-0.1, -0.05) is 85.5 Å². The van der Waals surface area contributed by atoms with E-state index in [-0.39, 0.29) is 29.9 Å². The van der Waals surface area contributed by atoms with E-state index in [4.69, 9.17) is 9.47 Å². The highest BCUT2D eigenvalue weighted by molar-refractivity contribution is 5.82. The summed E-state index contributed by atoms with van der Waals surface area (Å²) in [4.78, 5) is 25.8. The third-order valence-corrected chi connectivity index (χ3v) is 6.65. The lowest BCUT2D eigenvalue weighted by molar-refractivity contribution is -0.167. The van der Waals surface area contributed by atoms with Gasteiger partial charge in [-0.05, 0) is 44.4 Å². The minimum atomic E-state index is -0.322. The molecule has 0 heterocycles. The van der Waals surface area contributed by atoms with Gasteiger partial charge in [-0.15, -0.1) is 0 Å². The number of unbranched alkanes of at least 4 members (excludes halogenated alkanes) is 4. The Labute approximate surface area is 185 Å². The van der Waals surface area contributed by atoms with Crippen LogP contribution in [0.2, 0.25) is 0 Å². The van der Waals surface area contributed by atoms with E-state index in [1.54, 1.807) is 0 Å². The standard InChI is InChI=1S/C26H48O4/c1-5-9-11-12-17-22(15-7-3)30-26(28)24-19-14-13-18-23(24)25(27)29-20-21(8-4)16-10-6-2/h21-24H,5-20H2,1-4H3. The summed E-state index contributed by atoms with van der Waals surface area (Å²) in [6.07, 6.45) is 15.6. The van der Waals surface area contributed by atoms with Crippen LogP contribution >= 0.6 is 0 Å². The summed E-state index contributed by atoms with van der Waals surface area (Å²) in [6, 6.07) is 0. The lowest BCUT2D eigenvalue weighted by Gasteiger charge is -2.30. The van der Waals surface area contributed by atoms with Gasteiger partial charge in [0.05, 0.1) is 18.4 Å². The number of carbonyl (C=O) groups excluding carboxylic acids is 2. The number of esters is 2. The van der Waals surface area contributed by atoms with E-state index in [0.29, 0.717) is 12.5 Å². The lowest BCUT2D eigenvalue weighted by Crippen LogP contribution is -2.37. The largest absolute Gasteiger partial charge is 0.465 e. The molecule has 1 fully saturated rings. The van der Waals surface area contributed by atoms with E-state index >= 15 is 0 Å². The topological polar surface area (TPSA) is 52.6 Å². The van der Waals surface area contributed by atoms with Crippen molar-refractivity contribution >= 4 is 11.9 Å². The first kappa shape index (κ1) is 27.0. The Kier molecular flexibility index (Phi) is 14.9. The molecule has 1 rings (SSSR count). The highest BCUT2D eigenvalue weighted by atomic mass is 16.5. The zero-order valence-corrected chi connectivity index (χ0v) is 20.3. The first-order valence-electron chi connectivity index (χ1n) is 12.9. The van der Waals surface area contributed by atoms with Crippen molar-refractivity contribution in [1.29, 1.82) is 0 Å². The fourth-order valence-electron chi connectivity index (χ4n) is 4.53. The van der Waals surface area contributed by atoms with Crippen molar-refractivity contribution in [2.75, 3.05) is 6.61 Å². The Bertz CT molecular complexity index is 462. The highest BCUT2D eigenvalue weighted by Gasteiger charge is 2.38. The van der Waals surface area contributed by atoms with Crippen LogP contribution < -0.4 is 0 Å². The smallest absolute Gasteiger partial charge is 0.310 e. The van der Waals surface area contributed by atoms with Gasteiger partial charge in [-0.2, -0.15) is 0 Å². The van der Waals surface area contributed by atoms with Crippen LogP contribution in [0.5, 0.6) is 0 Å². The van der Waals surface area contributed by atoms with Gasteiger partial charge in [-0.25, -0.2) is 0 Å². The first-order chi connectivity index (χ1) is 14.6. The average Bonchev–Trinajstić information content (AvgIpc) is 2.76. The highest BCUT2D eigenvalue weighted by Crippen LogP contribution is 2.33. The molecule has 1 saturated carbocycles. The molecule has 30 heavy (non-hydrogen) atoms. The monoisotopic (exact) mass is 424 g/mol. The summed E-state index contributed by atoms with van der Waals surface area (Å²) in [7, 11) is 0. The van der Waals surface area contributed by atoms with Gasteiger partial charge in [0.25, 0.3) is 0 Å². The Morgan fingerprint density at radius 2 is 1.43 bits per heavy atom. The second-order valence-electron chi connectivity index (χ2n) is 9.24. The van der Waals surface area contributed by atoms with E-state index in [9.17, 15) is 9.59 Å². The van der Waals surface area contributed by atoms with Crippen molar-refractivity contribution in [3.8, 4) is 0 Å². The minimum absolute atomic E-state index is 0.00327. The lowest BCUT2D eigenvalue weighted by atomic mass is 9.79. The van der Waals surface area contributed by atoms with Crippen molar-refractivity contribution < 1.29 is 19.1 Å². The maximum Gasteiger partial charge on any atom is 0.310 e. The third-order valence-electron chi connectivity index (χ3n) is 6.65. The minimum Gasteiger partial charge on any atom is -0.465 e. The molecular formula is C26H48O4. The second kappa shape index (κ2) is 16.6. The van der Waals surface area contributed by atoms with Gasteiger partial charge in [0.1, 0.15) is 6.10 Å². The second-order valence-corrected chi connectivity index (χ2v) is 9.24. The Hall–Kier alpha value is -1.06. The van der Waals surface area contributed by atoms with Gasteiger partial charge in [0.15, 0.2) is 0 Å². The van der Waals surface area contributed by atoms with Crippen molar-refractivity contribution in [1.82, 2.24) is 0 Å². The molecule has 0 amide bonds. The van der Waals surface area contributed by atoms with E-state index in [0.717, 1.165) is 64.2 Å². The number of carbonyl (C=O) groups is 2. The van der Waals surface area contributed by atoms with Crippen LogP contribution in [0.25, 0.3) is 0 Å². The molecule has 4 unspecified atom stereocenters. The van der Waals surface area contributed by atoms with Crippen LogP contribution in [-0.4, -0.2) is 24.6 Å². The molecule has 1 aliphatic carbocycles. The number of rotatable bonds is 16. The normalized spacial score (nSPS) is 21.1. The molecule has 0 spiro atoms. The molecule has 0 aromatic heterocycles. The van der Waals surface area contributed by atoms with Crippen molar-refractivity contribution in [3.05, 3.63) is 0 Å². The SMILES string of the molecule is CCCCCCC(CCC)OC(=O)C1CCCCC1C(=O)OCC(CC)CCCC. The van der Waals surface area contributed by atoms with E-state index in [2.05, 4.69) is 27.7 Å². The van der Waals surface area contributed by atoms with E-state index in [1.165, 1.54) is 32.1 Å². The fraction of sp³-hybridized carbons (Fsp3) is 0.923. The predicted molar refractivity (Wildman–Crippen MR) is 123 cm³/mol. The van der Waals surface area contributed by atoms with Gasteiger partial charge in [0.2, 0.25) is 0 Å². The van der Waals surface area contributed by atoms with Crippen molar-refractivity contribution in [3.63, 3.8) is 0 Å². The molecule has 1 aliphatic rings. The molecule has 0 aromatic rings. The maximum atomic E-state index is 13.0. The molecule has 0 aromatic carbocycles. The molecule has 0 bridgehead atoms. The van der Waals surface area contributed by atoms with Gasteiger partial charge in [0, 0.05) is 0 Å². The van der Waals surface area contributed by atoms with Crippen LogP contribution in [0, 0.1) is 17.8 Å². The molecule has 176 valence electrons. The van der Waals surface area contributed by atoms with E-state index in [1.807, 2.05) is 0 Å².